The Morgan fingerprint density at radius 3 is 0.697 bits per heavy atom. The highest BCUT2D eigenvalue weighted by Gasteiger charge is 2.29. The maximum Gasteiger partial charge on any atom is 0.0618 e. The van der Waals surface area contributed by atoms with Crippen LogP contribution in [0, 0.1) is 49.1 Å². The van der Waals surface area contributed by atoms with E-state index in [2.05, 4.69) is 268 Å². The third-order valence-electron chi connectivity index (χ3n) is 13.3. The van der Waals surface area contributed by atoms with E-state index >= 15 is 0 Å². The van der Waals surface area contributed by atoms with Crippen molar-refractivity contribution in [2.75, 3.05) is 0 Å². The summed E-state index contributed by atoms with van der Waals surface area (Å²) in [5, 5.41) is 5.59. The number of fused-ring (bicyclic) bond motifs is 14. The van der Waals surface area contributed by atoms with Gasteiger partial charge in [-0.3, -0.25) is 0 Å². The molecule has 16 aromatic rings. The van der Waals surface area contributed by atoms with E-state index in [4.69, 9.17) is 0 Å². The number of aryl methyl sites for hydroxylation is 4. The maximum atomic E-state index is 4.04. The highest BCUT2D eigenvalue weighted by atomic mass is 127. The predicted octanol–water partition coefficient (Wildman–Crippen LogP) is 28.7. The van der Waals surface area contributed by atoms with Crippen molar-refractivity contribution in [1.29, 1.82) is 0 Å². The first-order valence-electron chi connectivity index (χ1n) is 22.9. The SMILES string of the molecule is Cc1ccc2c(c1)sc1c(I)c(-c3sc4c(Br)c(-c5sc6c(sc7cc(C)ccc76)c5I)sc4c3Br)sc12.Cc1ccc2c(c1)sc1c(I)c(-c3sc4c(I)c(-c5sc6c(sc7cc(C)ccc76)c5I)sc4c3I)sc12. The third-order valence-corrected chi connectivity index (χ3v) is 42.6. The second kappa shape index (κ2) is 20.4. The molecule has 12 aromatic heterocycles. The lowest BCUT2D eigenvalue weighted by molar-refractivity contribution is 1.52. The average Bonchev–Trinajstić information content (AvgIpc) is 4.34. The van der Waals surface area contributed by atoms with Crippen molar-refractivity contribution in [3.63, 3.8) is 0 Å². The van der Waals surface area contributed by atoms with E-state index in [-0.39, 0.29) is 0 Å². The standard InChI is InChI=1S/C28H12Br2I2S6.C28H12I4S6/c1-9-3-5-11-13(7-9)33-25-17(31)27(35-19(11)25)23-15(29)21-22(37-23)16(30)24(38-21)28-18(32)26-20(36-28)12-6-4-10(2)8-14(12)34-26;1-9-3-5-11-13(7-9)33-21-15(29)23(35-19(11)21)25-17(31)27-28(37-25)18(32)26(38-27)24-16(30)22-20(36-24)12-6-4-10(2)8-14(12)34-22/h2*3-8H,1-2H3. The number of rotatable bonds is 4. The summed E-state index contributed by atoms with van der Waals surface area (Å²) in [6, 6.07) is 27.5. The van der Waals surface area contributed by atoms with Crippen molar-refractivity contribution in [1.82, 2.24) is 0 Å². The van der Waals surface area contributed by atoms with Crippen LogP contribution in [0.1, 0.15) is 22.3 Å². The third kappa shape index (κ3) is 8.47. The molecule has 0 nitrogen and oxygen atoms in total. The number of benzene rings is 4. The van der Waals surface area contributed by atoms with Gasteiger partial charge >= 0.3 is 0 Å². The van der Waals surface area contributed by atoms with Gasteiger partial charge in [-0.2, -0.15) is 0 Å². The van der Waals surface area contributed by atoms with Crippen LogP contribution in [0.3, 0.4) is 0 Å². The molecule has 0 amide bonds. The second-order valence-corrected chi connectivity index (χ2v) is 38.7. The second-order valence-electron chi connectivity index (χ2n) is 18.3. The van der Waals surface area contributed by atoms with Crippen molar-refractivity contribution in [2.24, 2.45) is 0 Å². The molecule has 0 fully saturated rings. The Kier molecular flexibility index (Phi) is 14.5. The fourth-order valence-corrected chi connectivity index (χ4v) is 37.4. The lowest BCUT2D eigenvalue weighted by Gasteiger charge is -1.99. The molecule has 0 unspecified atom stereocenters. The monoisotopic (exact) mass is 2000 g/mol. The Bertz CT molecular complexity index is 4540. The van der Waals surface area contributed by atoms with Gasteiger partial charge in [0, 0.05) is 40.3 Å². The van der Waals surface area contributed by atoms with E-state index in [9.17, 15) is 0 Å². The minimum atomic E-state index is 1.23. The van der Waals surface area contributed by atoms with Gasteiger partial charge in [0.15, 0.2) is 0 Å². The Hall–Kier alpha value is 1.22. The summed E-state index contributed by atoms with van der Waals surface area (Å²) in [7, 11) is 0. The molecule has 0 saturated carbocycles. The van der Waals surface area contributed by atoms with Gasteiger partial charge in [0.1, 0.15) is 0 Å². The van der Waals surface area contributed by atoms with Gasteiger partial charge in [-0.25, -0.2) is 0 Å². The zero-order chi connectivity index (χ0) is 52.1. The summed E-state index contributed by atoms with van der Waals surface area (Å²) in [4.78, 5) is 11.2. The molecule has 0 atom stereocenters. The molecule has 0 N–H and O–H groups in total. The molecule has 4 aromatic carbocycles. The zero-order valence-corrected chi connectivity index (χ0v) is 64.8. The smallest absolute Gasteiger partial charge is 0.0618 e. The first kappa shape index (κ1) is 53.9. The van der Waals surface area contributed by atoms with Crippen molar-refractivity contribution < 1.29 is 0 Å². The minimum absolute atomic E-state index is 1.23. The van der Waals surface area contributed by atoms with Crippen molar-refractivity contribution in [3.05, 3.63) is 125 Å². The Morgan fingerprint density at radius 1 is 0.250 bits per heavy atom. The molecule has 0 radical (unpaired) electrons. The van der Waals surface area contributed by atoms with Crippen LogP contribution in [0.4, 0.5) is 0 Å². The van der Waals surface area contributed by atoms with E-state index in [1.807, 2.05) is 136 Å². The van der Waals surface area contributed by atoms with Gasteiger partial charge in [0.05, 0.1) is 126 Å². The summed E-state index contributed by atoms with van der Waals surface area (Å²) in [5.74, 6) is 0. The van der Waals surface area contributed by atoms with Crippen LogP contribution in [0.2, 0.25) is 0 Å². The van der Waals surface area contributed by atoms with Gasteiger partial charge < -0.3 is 0 Å². The molecule has 0 aliphatic carbocycles. The molecule has 0 aliphatic heterocycles. The summed E-state index contributed by atoms with van der Waals surface area (Å²) >= 11 is 47.0. The normalized spacial score (nSPS) is 12.5. The molecule has 12 heterocycles. The number of hydrogen-bond acceptors (Lipinski definition) is 12. The molecule has 76 heavy (non-hydrogen) atoms. The van der Waals surface area contributed by atoms with Crippen molar-refractivity contribution in [3.8, 4) is 39.0 Å². The van der Waals surface area contributed by atoms with Gasteiger partial charge in [0.2, 0.25) is 0 Å². The van der Waals surface area contributed by atoms with E-state index in [1.54, 1.807) is 0 Å². The Morgan fingerprint density at radius 2 is 0.447 bits per heavy atom. The number of thiophene rings is 12. The summed E-state index contributed by atoms with van der Waals surface area (Å²) < 4.78 is 33.5. The van der Waals surface area contributed by atoms with E-state index in [0.717, 1.165) is 0 Å². The van der Waals surface area contributed by atoms with Gasteiger partial charge in [-0.1, -0.05) is 48.5 Å². The van der Waals surface area contributed by atoms with Crippen LogP contribution in [-0.2, 0) is 0 Å². The van der Waals surface area contributed by atoms with Crippen LogP contribution in [0.25, 0.3) is 136 Å². The Labute approximate surface area is 581 Å². The molecular weight excluding hydrogens is 1980 g/mol. The van der Waals surface area contributed by atoms with Crippen LogP contribution >= 0.6 is 303 Å². The quantitative estimate of drug-likeness (QED) is 0.154. The molecule has 0 aliphatic rings. The lowest BCUT2D eigenvalue weighted by Crippen LogP contribution is -1.74. The first-order valence-corrected chi connectivity index (χ1v) is 40.7. The summed E-state index contributed by atoms with van der Waals surface area (Å²) in [6.45, 7) is 8.72. The predicted molar refractivity (Wildman–Crippen MR) is 415 cm³/mol. The highest BCUT2D eigenvalue weighted by molar-refractivity contribution is 14.1. The van der Waals surface area contributed by atoms with Crippen LogP contribution in [0.15, 0.2) is 81.7 Å². The molecule has 0 spiro atoms. The molecule has 0 saturated heterocycles. The Balaban J connectivity index is 0.000000133. The number of hydrogen-bond donors (Lipinski definition) is 0. The first-order chi connectivity index (χ1) is 36.6. The van der Waals surface area contributed by atoms with E-state index < -0.39 is 0 Å². The summed E-state index contributed by atoms with van der Waals surface area (Å²) in [5.41, 5.74) is 5.33. The minimum Gasteiger partial charge on any atom is -0.133 e. The van der Waals surface area contributed by atoms with Crippen molar-refractivity contribution >= 4 is 400 Å². The lowest BCUT2D eigenvalue weighted by atomic mass is 10.2. The maximum absolute atomic E-state index is 4.04. The molecule has 20 heteroatoms. The molecule has 16 rings (SSSR count). The van der Waals surface area contributed by atoms with Crippen LogP contribution in [0.5, 0.6) is 0 Å². The fourth-order valence-electron chi connectivity index (χ4n) is 9.64. The van der Waals surface area contributed by atoms with E-state index in [1.165, 1.54) is 188 Å². The number of halogens is 8. The fraction of sp³-hybridized carbons (Fsp3) is 0.0714. The topological polar surface area (TPSA) is 0 Å². The van der Waals surface area contributed by atoms with Gasteiger partial charge in [-0.15, -0.1) is 136 Å². The average molecular weight is 2000 g/mol. The molecular formula is C56H24Br2I6S12. The largest absolute Gasteiger partial charge is 0.133 e. The van der Waals surface area contributed by atoms with E-state index in [0.29, 0.717) is 0 Å². The molecule has 376 valence electrons. The molecule has 0 bridgehead atoms. The summed E-state index contributed by atoms with van der Waals surface area (Å²) in [6.07, 6.45) is 0. The van der Waals surface area contributed by atoms with Crippen LogP contribution in [-0.4, -0.2) is 0 Å². The highest BCUT2D eigenvalue weighted by Crippen LogP contribution is 2.60. The van der Waals surface area contributed by atoms with Crippen LogP contribution < -0.4 is 0 Å². The van der Waals surface area contributed by atoms with Gasteiger partial charge in [-0.05, 0) is 242 Å². The zero-order valence-electron chi connectivity index (χ0n) is 38.9. The van der Waals surface area contributed by atoms with Gasteiger partial charge in [0.25, 0.3) is 0 Å². The van der Waals surface area contributed by atoms with Crippen molar-refractivity contribution in [2.45, 2.75) is 27.7 Å².